The van der Waals surface area contributed by atoms with E-state index in [-0.39, 0.29) is 30.3 Å². The van der Waals surface area contributed by atoms with Crippen LogP contribution in [-0.4, -0.2) is 51.3 Å². The van der Waals surface area contributed by atoms with E-state index in [0.717, 1.165) is 0 Å². The number of aromatic nitrogens is 3. The smallest absolute Gasteiger partial charge is 0.255 e. The minimum Gasteiger partial charge on any atom is -0.353 e. The highest BCUT2D eigenvalue weighted by Gasteiger charge is 2.23. The maximum atomic E-state index is 12.4. The molecule has 0 atom stereocenters. The van der Waals surface area contributed by atoms with Gasteiger partial charge in [-0.25, -0.2) is 4.98 Å². The molecule has 2 aromatic heterocycles. The summed E-state index contributed by atoms with van der Waals surface area (Å²) in [6.07, 6.45) is 3.17. The molecule has 0 saturated carbocycles. The van der Waals surface area contributed by atoms with Gasteiger partial charge in [0.05, 0.1) is 13.0 Å². The fraction of sp³-hybridized carbons (Fsp3) is 0.312. The van der Waals surface area contributed by atoms with Gasteiger partial charge in [-0.1, -0.05) is 0 Å². The van der Waals surface area contributed by atoms with Gasteiger partial charge in [-0.2, -0.15) is 0 Å². The van der Waals surface area contributed by atoms with Gasteiger partial charge >= 0.3 is 0 Å². The molecule has 0 radical (unpaired) electrons. The average molecular weight is 327 g/mol. The van der Waals surface area contributed by atoms with Crippen LogP contribution in [0.15, 0.2) is 29.3 Å². The summed E-state index contributed by atoms with van der Waals surface area (Å²) in [6, 6.07) is 3.55. The summed E-state index contributed by atoms with van der Waals surface area (Å²) in [7, 11) is 0. The molecular weight excluding hydrogens is 310 g/mol. The number of amides is 2. The Balaban J connectivity index is 1.83. The van der Waals surface area contributed by atoms with E-state index in [1.54, 1.807) is 31.5 Å². The number of rotatable bonds is 3. The monoisotopic (exact) mass is 327 g/mol. The molecule has 2 amide bonds. The van der Waals surface area contributed by atoms with E-state index in [1.807, 2.05) is 0 Å². The number of pyridine rings is 1. The van der Waals surface area contributed by atoms with Crippen molar-refractivity contribution in [2.45, 2.75) is 13.3 Å². The quantitative estimate of drug-likeness (QED) is 0.800. The molecule has 0 aromatic carbocycles. The van der Waals surface area contributed by atoms with Crippen LogP contribution in [0.1, 0.15) is 11.3 Å². The Morgan fingerprint density at radius 2 is 2.21 bits per heavy atom. The van der Waals surface area contributed by atoms with Crippen LogP contribution in [0.2, 0.25) is 0 Å². The summed E-state index contributed by atoms with van der Waals surface area (Å²) in [5.41, 5.74) is 1.16. The Morgan fingerprint density at radius 3 is 2.88 bits per heavy atom. The van der Waals surface area contributed by atoms with Crippen LogP contribution in [-0.2, 0) is 16.0 Å². The van der Waals surface area contributed by atoms with Crippen molar-refractivity contribution < 1.29 is 9.59 Å². The first-order valence-electron chi connectivity index (χ1n) is 7.59. The van der Waals surface area contributed by atoms with Crippen LogP contribution in [0, 0.1) is 6.92 Å². The molecule has 24 heavy (non-hydrogen) atoms. The summed E-state index contributed by atoms with van der Waals surface area (Å²) < 4.78 is 0. The topological polar surface area (TPSA) is 108 Å². The number of nitrogens with zero attached hydrogens (tertiary/aromatic N) is 3. The molecule has 3 heterocycles. The van der Waals surface area contributed by atoms with Crippen LogP contribution < -0.4 is 10.9 Å². The highest BCUT2D eigenvalue weighted by Crippen LogP contribution is 2.13. The molecular formula is C16H17N5O3. The van der Waals surface area contributed by atoms with Crippen molar-refractivity contribution in [2.24, 2.45) is 0 Å². The van der Waals surface area contributed by atoms with Crippen LogP contribution in [0.5, 0.6) is 0 Å². The molecule has 1 saturated heterocycles. The van der Waals surface area contributed by atoms with Crippen molar-refractivity contribution in [2.75, 3.05) is 19.6 Å². The zero-order valence-corrected chi connectivity index (χ0v) is 13.2. The molecule has 2 N–H and O–H groups in total. The Morgan fingerprint density at radius 1 is 1.38 bits per heavy atom. The Labute approximate surface area is 137 Å². The third-order valence-corrected chi connectivity index (χ3v) is 3.88. The zero-order chi connectivity index (χ0) is 17.1. The Bertz CT molecular complexity index is 831. The normalized spacial score (nSPS) is 14.4. The van der Waals surface area contributed by atoms with E-state index in [0.29, 0.717) is 35.7 Å². The lowest BCUT2D eigenvalue weighted by Crippen LogP contribution is -2.50. The van der Waals surface area contributed by atoms with E-state index < -0.39 is 0 Å². The molecule has 2 aromatic rings. The molecule has 8 nitrogen and oxygen atoms in total. The molecule has 0 bridgehead atoms. The van der Waals surface area contributed by atoms with Crippen molar-refractivity contribution >= 4 is 11.8 Å². The van der Waals surface area contributed by atoms with Crippen LogP contribution >= 0.6 is 0 Å². The van der Waals surface area contributed by atoms with Gasteiger partial charge in [-0.05, 0) is 19.1 Å². The number of carbonyl (C=O) groups is 2. The fourth-order valence-electron chi connectivity index (χ4n) is 2.57. The van der Waals surface area contributed by atoms with Crippen LogP contribution in [0.3, 0.4) is 0 Å². The number of H-pyrrole nitrogens is 1. The highest BCUT2D eigenvalue weighted by molar-refractivity contribution is 5.87. The minimum absolute atomic E-state index is 0.0248. The number of piperazine rings is 1. The lowest BCUT2D eigenvalue weighted by Gasteiger charge is -2.26. The lowest BCUT2D eigenvalue weighted by molar-refractivity contribution is -0.137. The molecule has 0 aliphatic carbocycles. The zero-order valence-electron chi connectivity index (χ0n) is 13.2. The summed E-state index contributed by atoms with van der Waals surface area (Å²) in [5, 5.41) is 2.66. The molecule has 1 aliphatic rings. The SMILES string of the molecule is Cc1nc(-c2cccnc2)[nH]c(=O)c1CC(=O)N1CCNC(=O)C1. The largest absolute Gasteiger partial charge is 0.353 e. The van der Waals surface area contributed by atoms with Crippen molar-refractivity contribution in [1.82, 2.24) is 25.2 Å². The Hall–Kier alpha value is -3.03. The number of aromatic amines is 1. The van der Waals surface area contributed by atoms with Gasteiger partial charge in [-0.15, -0.1) is 0 Å². The van der Waals surface area contributed by atoms with E-state index in [9.17, 15) is 14.4 Å². The first-order chi connectivity index (χ1) is 11.5. The maximum absolute atomic E-state index is 12.4. The molecule has 124 valence electrons. The second kappa shape index (κ2) is 6.61. The first kappa shape index (κ1) is 15.9. The molecule has 8 heteroatoms. The van der Waals surface area contributed by atoms with E-state index in [4.69, 9.17) is 0 Å². The van der Waals surface area contributed by atoms with Gasteiger partial charge in [0.1, 0.15) is 5.82 Å². The predicted octanol–water partition coefficient (Wildman–Crippen LogP) is -0.359. The Kier molecular flexibility index (Phi) is 4.37. The number of nitrogens with one attached hydrogen (secondary N) is 2. The van der Waals surface area contributed by atoms with Crippen LogP contribution in [0.4, 0.5) is 0 Å². The number of hydrogen-bond donors (Lipinski definition) is 2. The summed E-state index contributed by atoms with van der Waals surface area (Å²) in [4.78, 5) is 48.6. The van der Waals surface area contributed by atoms with Gasteiger partial charge in [0.25, 0.3) is 5.56 Å². The van der Waals surface area contributed by atoms with Crippen LogP contribution in [0.25, 0.3) is 11.4 Å². The summed E-state index contributed by atoms with van der Waals surface area (Å²) >= 11 is 0. The number of aryl methyl sites for hydroxylation is 1. The van der Waals surface area contributed by atoms with E-state index in [1.165, 1.54) is 4.90 Å². The number of hydrogen-bond acceptors (Lipinski definition) is 5. The average Bonchev–Trinajstić information content (AvgIpc) is 2.58. The van der Waals surface area contributed by atoms with Gasteiger partial charge < -0.3 is 15.2 Å². The molecule has 3 rings (SSSR count). The van der Waals surface area contributed by atoms with Gasteiger partial charge in [-0.3, -0.25) is 19.4 Å². The lowest BCUT2D eigenvalue weighted by atomic mass is 10.1. The molecule has 0 unspecified atom stereocenters. The van der Waals surface area contributed by atoms with Crippen molar-refractivity contribution in [3.63, 3.8) is 0 Å². The summed E-state index contributed by atoms with van der Waals surface area (Å²) in [5.74, 6) is -0.0289. The highest BCUT2D eigenvalue weighted by atomic mass is 16.2. The maximum Gasteiger partial charge on any atom is 0.255 e. The first-order valence-corrected chi connectivity index (χ1v) is 7.59. The van der Waals surface area contributed by atoms with Crippen molar-refractivity contribution in [1.29, 1.82) is 0 Å². The molecule has 1 fully saturated rings. The standard InChI is InChI=1S/C16H17N5O3/c1-10-12(7-14(23)21-6-5-18-13(22)9-21)16(24)20-15(19-10)11-3-2-4-17-8-11/h2-4,8H,5-7,9H2,1H3,(H,18,22)(H,19,20,24). The minimum atomic E-state index is -0.351. The predicted molar refractivity (Wildman–Crippen MR) is 86.1 cm³/mol. The van der Waals surface area contributed by atoms with E-state index >= 15 is 0 Å². The summed E-state index contributed by atoms with van der Waals surface area (Å²) in [6.45, 7) is 2.60. The second-order valence-corrected chi connectivity index (χ2v) is 5.56. The third kappa shape index (κ3) is 3.32. The number of carbonyl (C=O) groups excluding carboxylic acids is 2. The molecule has 1 aliphatic heterocycles. The van der Waals surface area contributed by atoms with Gasteiger partial charge in [0.2, 0.25) is 11.8 Å². The van der Waals surface area contributed by atoms with E-state index in [2.05, 4.69) is 20.3 Å². The third-order valence-electron chi connectivity index (χ3n) is 3.88. The van der Waals surface area contributed by atoms with Crippen molar-refractivity contribution in [3.8, 4) is 11.4 Å². The van der Waals surface area contributed by atoms with Gasteiger partial charge in [0, 0.05) is 42.3 Å². The van der Waals surface area contributed by atoms with Gasteiger partial charge in [0.15, 0.2) is 0 Å². The fourth-order valence-corrected chi connectivity index (χ4v) is 2.57. The second-order valence-electron chi connectivity index (χ2n) is 5.56. The molecule has 0 spiro atoms. The van der Waals surface area contributed by atoms with Crippen molar-refractivity contribution in [3.05, 3.63) is 46.1 Å².